The Kier molecular flexibility index (Phi) is 5.81. The Hall–Kier alpha value is -2.04. The van der Waals surface area contributed by atoms with Gasteiger partial charge in [0.2, 0.25) is 5.91 Å². The van der Waals surface area contributed by atoms with Gasteiger partial charge in [-0.15, -0.1) is 0 Å². The fourth-order valence-corrected chi connectivity index (χ4v) is 2.78. The summed E-state index contributed by atoms with van der Waals surface area (Å²) in [6, 6.07) is 9.42. The lowest BCUT2D eigenvalue weighted by atomic mass is 10.2. The highest BCUT2D eigenvalue weighted by atomic mass is 16.2. The number of carbonyl (C=O) groups is 2. The van der Waals surface area contributed by atoms with E-state index in [1.807, 2.05) is 35.2 Å². The van der Waals surface area contributed by atoms with Gasteiger partial charge in [-0.2, -0.15) is 0 Å². The highest BCUT2D eigenvalue weighted by Gasteiger charge is 2.32. The van der Waals surface area contributed by atoms with Crippen molar-refractivity contribution in [3.8, 4) is 0 Å². The summed E-state index contributed by atoms with van der Waals surface area (Å²) in [4.78, 5) is 28.0. The molecule has 0 bridgehead atoms. The monoisotopic (exact) mass is 303 g/mol. The number of carbonyl (C=O) groups excluding carboxylic acids is 2. The van der Waals surface area contributed by atoms with Crippen LogP contribution in [0.5, 0.6) is 0 Å². The smallest absolute Gasteiger partial charge is 0.317 e. The number of anilines is 1. The highest BCUT2D eigenvalue weighted by Crippen LogP contribution is 2.21. The first-order valence-electron chi connectivity index (χ1n) is 8.06. The van der Waals surface area contributed by atoms with E-state index in [2.05, 4.69) is 19.2 Å². The van der Waals surface area contributed by atoms with Gasteiger partial charge in [-0.05, 0) is 25.0 Å². The Bertz CT molecular complexity index is 498. The quantitative estimate of drug-likeness (QED) is 0.878. The van der Waals surface area contributed by atoms with Crippen molar-refractivity contribution in [3.63, 3.8) is 0 Å². The molecular formula is C17H25N3O2. The van der Waals surface area contributed by atoms with Gasteiger partial charge in [-0.3, -0.25) is 4.79 Å². The van der Waals surface area contributed by atoms with Crippen LogP contribution in [0.3, 0.4) is 0 Å². The number of rotatable bonds is 6. The van der Waals surface area contributed by atoms with E-state index in [4.69, 9.17) is 0 Å². The zero-order chi connectivity index (χ0) is 15.9. The normalized spacial score (nSPS) is 17.6. The molecule has 0 unspecified atom stereocenters. The first kappa shape index (κ1) is 16.3. The van der Waals surface area contributed by atoms with E-state index in [-0.39, 0.29) is 18.0 Å². The molecular weight excluding hydrogens is 278 g/mol. The van der Waals surface area contributed by atoms with E-state index in [1.165, 1.54) is 0 Å². The fourth-order valence-electron chi connectivity index (χ4n) is 2.78. The Morgan fingerprint density at radius 3 is 2.45 bits per heavy atom. The van der Waals surface area contributed by atoms with Crippen molar-refractivity contribution in [2.45, 2.75) is 39.2 Å². The van der Waals surface area contributed by atoms with Gasteiger partial charge in [-0.25, -0.2) is 4.79 Å². The molecule has 1 fully saturated rings. The fraction of sp³-hybridized carbons (Fsp3) is 0.529. The second kappa shape index (κ2) is 7.82. The lowest BCUT2D eigenvalue weighted by Crippen LogP contribution is -2.46. The van der Waals surface area contributed by atoms with E-state index >= 15 is 0 Å². The van der Waals surface area contributed by atoms with Gasteiger partial charge in [-0.1, -0.05) is 32.0 Å². The molecule has 1 atom stereocenters. The van der Waals surface area contributed by atoms with E-state index < -0.39 is 0 Å². The molecule has 5 nitrogen and oxygen atoms in total. The molecule has 1 N–H and O–H groups in total. The average molecular weight is 303 g/mol. The number of hydrogen-bond donors (Lipinski definition) is 1. The van der Waals surface area contributed by atoms with E-state index in [9.17, 15) is 9.59 Å². The van der Waals surface area contributed by atoms with Crippen molar-refractivity contribution >= 4 is 17.6 Å². The van der Waals surface area contributed by atoms with Crippen LogP contribution in [0.4, 0.5) is 10.5 Å². The van der Waals surface area contributed by atoms with Gasteiger partial charge < -0.3 is 15.1 Å². The summed E-state index contributed by atoms with van der Waals surface area (Å²) in [7, 11) is 0. The first-order chi connectivity index (χ1) is 10.7. The SMILES string of the molecule is CCCN(CCC)C(=O)N[C@H]1CC(=O)N(c2ccccc2)C1. The molecule has 0 aliphatic carbocycles. The van der Waals surface area contributed by atoms with E-state index in [0.717, 1.165) is 31.6 Å². The lowest BCUT2D eigenvalue weighted by molar-refractivity contribution is -0.117. The second-order valence-corrected chi connectivity index (χ2v) is 5.68. The van der Waals surface area contributed by atoms with Crippen molar-refractivity contribution in [1.82, 2.24) is 10.2 Å². The predicted octanol–water partition coefficient (Wildman–Crippen LogP) is 2.62. The molecule has 5 heteroatoms. The number of nitrogens with one attached hydrogen (secondary N) is 1. The third-order valence-electron chi connectivity index (χ3n) is 3.79. The minimum atomic E-state index is -0.114. The molecule has 0 saturated carbocycles. The second-order valence-electron chi connectivity index (χ2n) is 5.68. The zero-order valence-corrected chi connectivity index (χ0v) is 13.4. The van der Waals surface area contributed by atoms with Crippen molar-refractivity contribution in [3.05, 3.63) is 30.3 Å². The maximum Gasteiger partial charge on any atom is 0.317 e. The molecule has 0 aromatic heterocycles. The van der Waals surface area contributed by atoms with Gasteiger partial charge >= 0.3 is 6.03 Å². The van der Waals surface area contributed by atoms with Crippen LogP contribution in [-0.2, 0) is 4.79 Å². The van der Waals surface area contributed by atoms with Crippen molar-refractivity contribution in [2.75, 3.05) is 24.5 Å². The van der Waals surface area contributed by atoms with E-state index in [1.54, 1.807) is 4.90 Å². The van der Waals surface area contributed by atoms with Crippen LogP contribution in [0.15, 0.2) is 30.3 Å². The summed E-state index contributed by atoms with van der Waals surface area (Å²) in [5.41, 5.74) is 0.892. The largest absolute Gasteiger partial charge is 0.333 e. The Morgan fingerprint density at radius 2 is 1.86 bits per heavy atom. The summed E-state index contributed by atoms with van der Waals surface area (Å²) < 4.78 is 0. The molecule has 1 aromatic rings. The summed E-state index contributed by atoms with van der Waals surface area (Å²) in [5, 5.41) is 3.00. The molecule has 120 valence electrons. The first-order valence-corrected chi connectivity index (χ1v) is 8.06. The minimum absolute atomic E-state index is 0.0589. The Balaban J connectivity index is 1.94. The van der Waals surface area contributed by atoms with Crippen LogP contribution in [-0.4, -0.2) is 42.5 Å². The summed E-state index contributed by atoms with van der Waals surface area (Å²) in [6.45, 7) is 6.17. The molecule has 1 heterocycles. The number of benzene rings is 1. The van der Waals surface area contributed by atoms with Crippen LogP contribution in [0.2, 0.25) is 0 Å². The zero-order valence-electron chi connectivity index (χ0n) is 13.4. The van der Waals surface area contributed by atoms with Crippen LogP contribution in [0.25, 0.3) is 0 Å². The molecule has 0 spiro atoms. The van der Waals surface area contributed by atoms with Gasteiger partial charge in [0.25, 0.3) is 0 Å². The third-order valence-corrected chi connectivity index (χ3v) is 3.79. The van der Waals surface area contributed by atoms with Crippen molar-refractivity contribution < 1.29 is 9.59 Å². The summed E-state index contributed by atoms with van der Waals surface area (Å²) in [5.74, 6) is 0.0639. The number of urea groups is 1. The average Bonchev–Trinajstić information content (AvgIpc) is 2.88. The Labute approximate surface area is 132 Å². The molecule has 0 radical (unpaired) electrons. The maximum absolute atomic E-state index is 12.3. The Morgan fingerprint density at radius 1 is 1.23 bits per heavy atom. The van der Waals surface area contributed by atoms with Crippen LogP contribution >= 0.6 is 0 Å². The lowest BCUT2D eigenvalue weighted by Gasteiger charge is -2.24. The van der Waals surface area contributed by atoms with Gasteiger partial charge in [0, 0.05) is 31.7 Å². The van der Waals surface area contributed by atoms with Crippen molar-refractivity contribution in [1.29, 1.82) is 0 Å². The van der Waals surface area contributed by atoms with Gasteiger partial charge in [0.1, 0.15) is 0 Å². The van der Waals surface area contributed by atoms with Crippen molar-refractivity contribution in [2.24, 2.45) is 0 Å². The molecule has 1 aromatic carbocycles. The van der Waals surface area contributed by atoms with Gasteiger partial charge in [0.15, 0.2) is 0 Å². The highest BCUT2D eigenvalue weighted by molar-refractivity contribution is 5.96. The number of para-hydroxylation sites is 1. The third kappa shape index (κ3) is 4.00. The number of nitrogens with zero attached hydrogens (tertiary/aromatic N) is 2. The van der Waals surface area contributed by atoms with Crippen LogP contribution in [0, 0.1) is 0 Å². The predicted molar refractivity (Wildman–Crippen MR) is 87.9 cm³/mol. The molecule has 22 heavy (non-hydrogen) atoms. The summed E-state index contributed by atoms with van der Waals surface area (Å²) in [6.07, 6.45) is 2.24. The summed E-state index contributed by atoms with van der Waals surface area (Å²) >= 11 is 0. The standard InChI is InChI=1S/C17H25N3O2/c1-3-10-19(11-4-2)17(22)18-14-12-16(21)20(13-14)15-8-6-5-7-9-15/h5-9,14H,3-4,10-13H2,1-2H3,(H,18,22)/t14-/m0/s1. The topological polar surface area (TPSA) is 52.7 Å². The minimum Gasteiger partial charge on any atom is -0.333 e. The molecule has 1 saturated heterocycles. The van der Waals surface area contributed by atoms with Crippen LogP contribution < -0.4 is 10.2 Å². The number of amides is 3. The van der Waals surface area contributed by atoms with Crippen LogP contribution in [0.1, 0.15) is 33.1 Å². The molecule has 1 aliphatic rings. The molecule has 3 amide bonds. The van der Waals surface area contributed by atoms with Gasteiger partial charge in [0.05, 0.1) is 6.04 Å². The maximum atomic E-state index is 12.3. The number of hydrogen-bond acceptors (Lipinski definition) is 2. The molecule has 2 rings (SSSR count). The molecule has 1 aliphatic heterocycles. The van der Waals surface area contributed by atoms with E-state index in [0.29, 0.717) is 13.0 Å².